The standard InChI is InChI=1S/C9H11N3O4/c10-6(7(13)14)9(11,8(15)16)5-2-1-3-12-4-5/h1-4,6H,10-11H2,(H,13,14)(H,15,16). The van der Waals surface area contributed by atoms with E-state index in [0.29, 0.717) is 0 Å². The lowest BCUT2D eigenvalue weighted by molar-refractivity contribution is -0.152. The summed E-state index contributed by atoms with van der Waals surface area (Å²) in [5.74, 6) is -3.01. The third kappa shape index (κ3) is 1.86. The second-order valence-corrected chi connectivity index (χ2v) is 3.23. The zero-order valence-corrected chi connectivity index (χ0v) is 8.20. The van der Waals surface area contributed by atoms with Crippen LogP contribution in [0.1, 0.15) is 5.56 Å². The maximum absolute atomic E-state index is 11.1. The first kappa shape index (κ1) is 12.1. The van der Waals surface area contributed by atoms with Crippen molar-refractivity contribution in [1.29, 1.82) is 0 Å². The first-order chi connectivity index (χ1) is 7.40. The van der Waals surface area contributed by atoms with Crippen molar-refractivity contribution >= 4 is 11.9 Å². The normalized spacial score (nSPS) is 16.1. The van der Waals surface area contributed by atoms with Crippen LogP contribution in [-0.4, -0.2) is 33.2 Å². The number of carboxylic acids is 2. The van der Waals surface area contributed by atoms with Crippen LogP contribution in [-0.2, 0) is 15.1 Å². The number of hydrogen-bond acceptors (Lipinski definition) is 5. The predicted molar refractivity (Wildman–Crippen MR) is 53.3 cm³/mol. The Labute approximate surface area is 90.7 Å². The summed E-state index contributed by atoms with van der Waals surface area (Å²) in [5.41, 5.74) is 8.70. The molecule has 0 aliphatic carbocycles. The minimum Gasteiger partial charge on any atom is -0.480 e. The summed E-state index contributed by atoms with van der Waals surface area (Å²) in [4.78, 5) is 25.5. The molecule has 0 spiro atoms. The van der Waals surface area contributed by atoms with E-state index in [9.17, 15) is 9.59 Å². The lowest BCUT2D eigenvalue weighted by Crippen LogP contribution is -2.61. The number of pyridine rings is 1. The van der Waals surface area contributed by atoms with Gasteiger partial charge in [0.2, 0.25) is 0 Å². The molecule has 1 rings (SSSR count). The van der Waals surface area contributed by atoms with Gasteiger partial charge in [0, 0.05) is 18.0 Å². The number of aliphatic carboxylic acids is 2. The smallest absolute Gasteiger partial charge is 0.330 e. The quantitative estimate of drug-likeness (QED) is 0.501. The van der Waals surface area contributed by atoms with Crippen LogP contribution in [0, 0.1) is 0 Å². The Morgan fingerprint density at radius 1 is 1.44 bits per heavy atom. The Kier molecular flexibility index (Phi) is 3.21. The van der Waals surface area contributed by atoms with Gasteiger partial charge in [-0.2, -0.15) is 0 Å². The second kappa shape index (κ2) is 4.25. The molecule has 0 amide bonds. The topological polar surface area (TPSA) is 140 Å². The van der Waals surface area contributed by atoms with Gasteiger partial charge < -0.3 is 21.7 Å². The van der Waals surface area contributed by atoms with Crippen LogP contribution in [0.4, 0.5) is 0 Å². The average Bonchev–Trinajstić information content (AvgIpc) is 2.27. The molecule has 0 saturated carbocycles. The van der Waals surface area contributed by atoms with Gasteiger partial charge in [0.05, 0.1) is 0 Å². The van der Waals surface area contributed by atoms with Crippen LogP contribution in [0.25, 0.3) is 0 Å². The van der Waals surface area contributed by atoms with Gasteiger partial charge in [0.1, 0.15) is 6.04 Å². The largest absolute Gasteiger partial charge is 0.480 e. The van der Waals surface area contributed by atoms with Crippen LogP contribution < -0.4 is 11.5 Å². The second-order valence-electron chi connectivity index (χ2n) is 3.23. The summed E-state index contributed by atoms with van der Waals surface area (Å²) in [7, 11) is 0. The summed E-state index contributed by atoms with van der Waals surface area (Å²) in [6, 6.07) is 1.06. The van der Waals surface area contributed by atoms with E-state index < -0.39 is 23.5 Å². The van der Waals surface area contributed by atoms with Crippen LogP contribution in [0.2, 0.25) is 0 Å². The number of nitrogens with zero attached hydrogens (tertiary/aromatic N) is 1. The number of hydrogen-bond donors (Lipinski definition) is 4. The third-order valence-corrected chi connectivity index (χ3v) is 2.25. The molecule has 0 fully saturated rings. The van der Waals surface area contributed by atoms with E-state index in [1.54, 1.807) is 0 Å². The molecule has 1 aromatic rings. The minimum atomic E-state index is -2.19. The molecule has 16 heavy (non-hydrogen) atoms. The van der Waals surface area contributed by atoms with Gasteiger partial charge in [-0.1, -0.05) is 6.07 Å². The zero-order chi connectivity index (χ0) is 12.3. The SMILES string of the molecule is NC(C(=O)O)C(N)(C(=O)O)c1cccnc1. The fourth-order valence-electron chi connectivity index (χ4n) is 1.24. The highest BCUT2D eigenvalue weighted by Crippen LogP contribution is 2.21. The van der Waals surface area contributed by atoms with Gasteiger partial charge in [-0.05, 0) is 6.07 Å². The van der Waals surface area contributed by atoms with E-state index in [0.717, 1.165) is 0 Å². The van der Waals surface area contributed by atoms with Crippen molar-refractivity contribution in [1.82, 2.24) is 4.98 Å². The van der Waals surface area contributed by atoms with Gasteiger partial charge in [-0.25, -0.2) is 4.79 Å². The lowest BCUT2D eigenvalue weighted by atomic mass is 9.85. The highest BCUT2D eigenvalue weighted by Gasteiger charge is 2.46. The molecule has 0 aliphatic rings. The van der Waals surface area contributed by atoms with Crippen LogP contribution in [0.15, 0.2) is 24.5 Å². The van der Waals surface area contributed by atoms with Crippen molar-refractivity contribution in [2.45, 2.75) is 11.6 Å². The van der Waals surface area contributed by atoms with Crippen molar-refractivity contribution in [2.75, 3.05) is 0 Å². The van der Waals surface area contributed by atoms with Crippen LogP contribution in [0.5, 0.6) is 0 Å². The van der Waals surface area contributed by atoms with E-state index in [4.69, 9.17) is 21.7 Å². The van der Waals surface area contributed by atoms with E-state index in [2.05, 4.69) is 4.98 Å². The summed E-state index contributed by atoms with van der Waals surface area (Å²) in [6.07, 6.45) is 2.59. The van der Waals surface area contributed by atoms with E-state index in [-0.39, 0.29) is 5.56 Å². The van der Waals surface area contributed by atoms with Gasteiger partial charge in [0.25, 0.3) is 0 Å². The van der Waals surface area contributed by atoms with Crippen molar-refractivity contribution in [3.63, 3.8) is 0 Å². The highest BCUT2D eigenvalue weighted by atomic mass is 16.4. The van der Waals surface area contributed by atoms with E-state index >= 15 is 0 Å². The van der Waals surface area contributed by atoms with Gasteiger partial charge in [-0.15, -0.1) is 0 Å². The van der Waals surface area contributed by atoms with Crippen molar-refractivity contribution in [2.24, 2.45) is 11.5 Å². The molecule has 7 nitrogen and oxygen atoms in total. The van der Waals surface area contributed by atoms with Gasteiger partial charge in [0.15, 0.2) is 5.54 Å². The van der Waals surface area contributed by atoms with Crippen molar-refractivity contribution < 1.29 is 19.8 Å². The summed E-state index contributed by atoms with van der Waals surface area (Å²) >= 11 is 0. The predicted octanol–water partition coefficient (Wildman–Crippen LogP) is -1.27. The Bertz CT molecular complexity index is 408. The highest BCUT2D eigenvalue weighted by molar-refractivity contribution is 5.90. The minimum absolute atomic E-state index is 0.0393. The Morgan fingerprint density at radius 2 is 2.06 bits per heavy atom. The first-order valence-electron chi connectivity index (χ1n) is 4.32. The Morgan fingerprint density at radius 3 is 2.44 bits per heavy atom. The summed E-state index contributed by atoms with van der Waals surface area (Å²) < 4.78 is 0. The molecule has 0 saturated heterocycles. The number of carbonyl (C=O) groups is 2. The molecule has 0 bridgehead atoms. The monoisotopic (exact) mass is 225 g/mol. The van der Waals surface area contributed by atoms with Crippen LogP contribution in [0.3, 0.4) is 0 Å². The fourth-order valence-corrected chi connectivity index (χ4v) is 1.24. The molecule has 1 heterocycles. The number of carboxylic acid groups (broad SMARTS) is 2. The molecule has 6 N–H and O–H groups in total. The molecule has 1 aromatic heterocycles. The Hall–Kier alpha value is -1.99. The molecular weight excluding hydrogens is 214 g/mol. The van der Waals surface area contributed by atoms with Gasteiger partial charge in [-0.3, -0.25) is 9.78 Å². The molecule has 0 aromatic carbocycles. The molecular formula is C9H11N3O4. The third-order valence-electron chi connectivity index (χ3n) is 2.25. The van der Waals surface area contributed by atoms with Crippen LogP contribution >= 0.6 is 0 Å². The molecule has 7 heteroatoms. The lowest BCUT2D eigenvalue weighted by Gasteiger charge is -2.28. The maximum atomic E-state index is 11.1. The maximum Gasteiger partial charge on any atom is 0.330 e. The van der Waals surface area contributed by atoms with Crippen molar-refractivity contribution in [3.8, 4) is 0 Å². The van der Waals surface area contributed by atoms with Crippen molar-refractivity contribution in [3.05, 3.63) is 30.1 Å². The molecule has 2 atom stereocenters. The average molecular weight is 225 g/mol. The first-order valence-corrected chi connectivity index (χ1v) is 4.32. The molecule has 2 unspecified atom stereocenters. The summed E-state index contributed by atoms with van der Waals surface area (Å²) in [6.45, 7) is 0. The fraction of sp³-hybridized carbons (Fsp3) is 0.222. The molecule has 86 valence electrons. The zero-order valence-electron chi connectivity index (χ0n) is 8.20. The molecule has 0 radical (unpaired) electrons. The van der Waals surface area contributed by atoms with E-state index in [1.807, 2.05) is 0 Å². The number of nitrogens with two attached hydrogens (primary N) is 2. The molecule has 0 aliphatic heterocycles. The Balaban J connectivity index is 3.28. The number of aromatic nitrogens is 1. The van der Waals surface area contributed by atoms with Gasteiger partial charge >= 0.3 is 11.9 Å². The summed E-state index contributed by atoms with van der Waals surface area (Å²) in [5, 5.41) is 17.7. The van der Waals surface area contributed by atoms with E-state index in [1.165, 1.54) is 24.5 Å². The number of rotatable bonds is 4.